The number of esters is 3. The van der Waals surface area contributed by atoms with Gasteiger partial charge in [-0.25, -0.2) is 0 Å². The average Bonchev–Trinajstić information content (AvgIpc) is 3.31. The molecule has 0 aliphatic rings. The van der Waals surface area contributed by atoms with E-state index in [1.807, 2.05) is 54.7 Å². The van der Waals surface area contributed by atoms with Crippen molar-refractivity contribution in [3.8, 4) is 0 Å². The van der Waals surface area contributed by atoms with Crippen LogP contribution >= 0.6 is 0 Å². The van der Waals surface area contributed by atoms with Gasteiger partial charge >= 0.3 is 17.9 Å². The van der Waals surface area contributed by atoms with E-state index in [1.165, 1.54) is 83.5 Å². The highest BCUT2D eigenvalue weighted by atomic mass is 16.6. The monoisotopic (exact) mass is 913 g/mol. The smallest absolute Gasteiger partial charge is 0.306 e. The van der Waals surface area contributed by atoms with E-state index in [1.54, 1.807) is 0 Å². The van der Waals surface area contributed by atoms with Crippen LogP contribution < -0.4 is 0 Å². The van der Waals surface area contributed by atoms with Crippen molar-refractivity contribution < 1.29 is 28.6 Å². The molecule has 0 aliphatic heterocycles. The molecule has 0 N–H and O–H groups in total. The molecule has 0 bridgehead atoms. The van der Waals surface area contributed by atoms with Crippen LogP contribution in [0.4, 0.5) is 0 Å². The van der Waals surface area contributed by atoms with Crippen molar-refractivity contribution in [2.24, 2.45) is 0 Å². The molecule has 0 heterocycles. The van der Waals surface area contributed by atoms with Gasteiger partial charge in [-0.3, -0.25) is 14.4 Å². The van der Waals surface area contributed by atoms with Crippen LogP contribution in [0.5, 0.6) is 0 Å². The van der Waals surface area contributed by atoms with Crippen molar-refractivity contribution in [3.05, 3.63) is 122 Å². The highest BCUT2D eigenvalue weighted by molar-refractivity contribution is 5.71. The van der Waals surface area contributed by atoms with Crippen LogP contribution in [0.15, 0.2) is 122 Å². The minimum Gasteiger partial charge on any atom is -0.462 e. The molecule has 6 nitrogen and oxygen atoms in total. The van der Waals surface area contributed by atoms with Crippen molar-refractivity contribution in [2.75, 3.05) is 13.2 Å². The summed E-state index contributed by atoms with van der Waals surface area (Å²) < 4.78 is 16.7. The highest BCUT2D eigenvalue weighted by Gasteiger charge is 2.19. The maximum absolute atomic E-state index is 12.8. The first-order chi connectivity index (χ1) is 32.5. The minimum atomic E-state index is -0.826. The van der Waals surface area contributed by atoms with Crippen molar-refractivity contribution in [1.82, 2.24) is 0 Å². The van der Waals surface area contributed by atoms with Crippen LogP contribution in [-0.2, 0) is 28.6 Å². The fraction of sp³-hybridized carbons (Fsp3) is 0.617. The van der Waals surface area contributed by atoms with E-state index in [2.05, 4.69) is 87.6 Å². The first kappa shape index (κ1) is 61.8. The van der Waals surface area contributed by atoms with Crippen LogP contribution in [0.2, 0.25) is 0 Å². The Labute approximate surface area is 405 Å². The summed E-state index contributed by atoms with van der Waals surface area (Å²) in [7, 11) is 0. The number of ether oxygens (including phenoxy) is 3. The number of rotatable bonds is 46. The maximum atomic E-state index is 12.8. The molecule has 6 heteroatoms. The lowest BCUT2D eigenvalue weighted by Crippen LogP contribution is -2.30. The summed E-state index contributed by atoms with van der Waals surface area (Å²) in [6.45, 7) is 6.28. The lowest BCUT2D eigenvalue weighted by Gasteiger charge is -2.18. The predicted molar refractivity (Wildman–Crippen MR) is 283 cm³/mol. The standard InChI is InChI=1S/C60H96O6/c1-4-7-10-13-16-19-22-25-27-29-30-31-33-35-38-41-44-47-50-53-59(62)65-56-57(55-64-58(61)52-49-46-43-40-37-34-24-21-18-15-12-9-6-3)66-60(63)54-51-48-45-42-39-36-32-28-26-23-20-17-14-11-8-5-2/h7,9-10,12,15-16,18-19,21,24-25,27-28,32,34,36-37,39-40,43,57H,4-6,8,11,13-14,17,20,22-23,26,29-31,33,35,38,41-42,44-56H2,1-3H3/b10-7+,12-9+,18-15+,19-16+,24-21+,27-25+,32-28+,37-34+,39-36+,43-40+. The largest absolute Gasteiger partial charge is 0.462 e. The normalized spacial score (nSPS) is 13.1. The number of carbonyl (C=O) groups is 3. The van der Waals surface area contributed by atoms with Gasteiger partial charge in [-0.1, -0.05) is 232 Å². The van der Waals surface area contributed by atoms with Gasteiger partial charge in [-0.2, -0.15) is 0 Å². The molecule has 66 heavy (non-hydrogen) atoms. The third-order valence-electron chi connectivity index (χ3n) is 10.8. The molecule has 0 aromatic rings. The molecule has 0 aromatic carbocycles. The summed E-state index contributed by atoms with van der Waals surface area (Å²) in [6.07, 6.45) is 73.4. The van der Waals surface area contributed by atoms with Gasteiger partial charge in [0.1, 0.15) is 13.2 Å². The quantitative estimate of drug-likeness (QED) is 0.0199. The SMILES string of the molecule is CC/C=C/C=C/C=C/C=C/C=C/CCCC(=O)OCC(COC(=O)CCCCCCCCCCC/C=C/C/C=C/C/C=C/CC)OC(=O)CCCCC/C=C/C=C/CCCCCCCCC. The summed E-state index contributed by atoms with van der Waals surface area (Å²) in [6, 6.07) is 0. The van der Waals surface area contributed by atoms with Gasteiger partial charge in [0, 0.05) is 19.3 Å². The topological polar surface area (TPSA) is 78.9 Å². The van der Waals surface area contributed by atoms with E-state index in [4.69, 9.17) is 14.2 Å². The summed E-state index contributed by atoms with van der Waals surface area (Å²) >= 11 is 0. The van der Waals surface area contributed by atoms with Crippen molar-refractivity contribution in [1.29, 1.82) is 0 Å². The van der Waals surface area contributed by atoms with Crippen LogP contribution in [0.25, 0.3) is 0 Å². The molecule has 372 valence electrons. The van der Waals surface area contributed by atoms with Gasteiger partial charge in [0.2, 0.25) is 0 Å². The van der Waals surface area contributed by atoms with E-state index in [0.717, 1.165) is 83.5 Å². The molecule has 0 rings (SSSR count). The van der Waals surface area contributed by atoms with Crippen LogP contribution in [0, 0.1) is 0 Å². The second kappa shape index (κ2) is 53.4. The Balaban J connectivity index is 4.51. The molecule has 0 aromatic heterocycles. The Morgan fingerprint density at radius 2 is 0.682 bits per heavy atom. The predicted octanol–water partition coefficient (Wildman–Crippen LogP) is 17.7. The first-order valence-electron chi connectivity index (χ1n) is 26.6. The molecule has 1 unspecified atom stereocenters. The minimum absolute atomic E-state index is 0.117. The van der Waals surface area contributed by atoms with E-state index in [-0.39, 0.29) is 44.0 Å². The molecular formula is C60H96O6. The van der Waals surface area contributed by atoms with Crippen LogP contribution in [0.1, 0.15) is 220 Å². The Kier molecular flexibility index (Phi) is 50.0. The number of unbranched alkanes of at least 4 members (excludes halogenated alkanes) is 20. The zero-order valence-corrected chi connectivity index (χ0v) is 42.4. The summed E-state index contributed by atoms with van der Waals surface area (Å²) in [5.74, 6) is -1.03. The number of carbonyl (C=O) groups excluding carboxylic acids is 3. The number of allylic oxidation sites excluding steroid dienone is 20. The summed E-state index contributed by atoms with van der Waals surface area (Å²) in [5, 5.41) is 0. The van der Waals surface area contributed by atoms with Gasteiger partial charge in [-0.15, -0.1) is 0 Å². The second-order valence-electron chi connectivity index (χ2n) is 17.2. The Morgan fingerprint density at radius 1 is 0.333 bits per heavy atom. The maximum Gasteiger partial charge on any atom is 0.306 e. The Morgan fingerprint density at radius 3 is 1.20 bits per heavy atom. The fourth-order valence-corrected chi connectivity index (χ4v) is 6.89. The van der Waals surface area contributed by atoms with Crippen molar-refractivity contribution in [2.45, 2.75) is 226 Å². The molecular weight excluding hydrogens is 817 g/mol. The lowest BCUT2D eigenvalue weighted by atomic mass is 10.1. The molecule has 0 amide bonds. The molecule has 1 atom stereocenters. The average molecular weight is 913 g/mol. The highest BCUT2D eigenvalue weighted by Crippen LogP contribution is 2.14. The molecule has 0 saturated carbocycles. The first-order valence-corrected chi connectivity index (χ1v) is 26.6. The van der Waals surface area contributed by atoms with E-state index >= 15 is 0 Å². The fourth-order valence-electron chi connectivity index (χ4n) is 6.89. The van der Waals surface area contributed by atoms with Gasteiger partial charge in [0.15, 0.2) is 6.10 Å². The molecule has 0 aliphatic carbocycles. The van der Waals surface area contributed by atoms with Crippen LogP contribution in [0.3, 0.4) is 0 Å². The van der Waals surface area contributed by atoms with E-state index in [9.17, 15) is 14.4 Å². The van der Waals surface area contributed by atoms with E-state index < -0.39 is 6.10 Å². The Hall–Kier alpha value is -4.19. The lowest BCUT2D eigenvalue weighted by molar-refractivity contribution is -0.167. The van der Waals surface area contributed by atoms with Crippen LogP contribution in [-0.4, -0.2) is 37.2 Å². The number of hydrogen-bond donors (Lipinski definition) is 0. The zero-order valence-electron chi connectivity index (χ0n) is 42.4. The Bertz CT molecular complexity index is 1420. The van der Waals surface area contributed by atoms with Crippen molar-refractivity contribution in [3.63, 3.8) is 0 Å². The van der Waals surface area contributed by atoms with Gasteiger partial charge in [0.05, 0.1) is 0 Å². The van der Waals surface area contributed by atoms with Gasteiger partial charge in [-0.05, 0) is 89.9 Å². The zero-order chi connectivity index (χ0) is 47.9. The summed E-state index contributed by atoms with van der Waals surface area (Å²) in [5.41, 5.74) is 0. The summed E-state index contributed by atoms with van der Waals surface area (Å²) in [4.78, 5) is 38.0. The third kappa shape index (κ3) is 50.8. The molecule has 0 fully saturated rings. The second-order valence-corrected chi connectivity index (χ2v) is 17.2. The third-order valence-corrected chi connectivity index (χ3v) is 10.8. The number of hydrogen-bond acceptors (Lipinski definition) is 6. The van der Waals surface area contributed by atoms with Crippen molar-refractivity contribution >= 4 is 17.9 Å². The van der Waals surface area contributed by atoms with Gasteiger partial charge in [0.25, 0.3) is 0 Å². The molecule has 0 saturated heterocycles. The molecule has 0 spiro atoms. The van der Waals surface area contributed by atoms with E-state index in [0.29, 0.717) is 19.3 Å². The molecule has 0 radical (unpaired) electrons. The van der Waals surface area contributed by atoms with Gasteiger partial charge < -0.3 is 14.2 Å².